The van der Waals surface area contributed by atoms with E-state index in [1.54, 1.807) is 24.3 Å². The van der Waals surface area contributed by atoms with Crippen molar-refractivity contribution in [1.82, 2.24) is 0 Å². The van der Waals surface area contributed by atoms with Gasteiger partial charge in [-0.05, 0) is 39.3 Å². The maximum absolute atomic E-state index is 12.8. The number of hydrogen-bond donors (Lipinski definition) is 1. The van der Waals surface area contributed by atoms with Gasteiger partial charge in [0.25, 0.3) is 0 Å². The number of unbranched alkanes of at least 4 members (excludes halogenated alkanes) is 3. The molecular formula is C17H27ClO3S. The van der Waals surface area contributed by atoms with Crippen LogP contribution in [0.5, 0.6) is 0 Å². The van der Waals surface area contributed by atoms with Gasteiger partial charge in [-0.2, -0.15) is 0 Å². The number of aryl methyl sites for hydroxylation is 1. The molecule has 0 aromatic heterocycles. The van der Waals surface area contributed by atoms with Crippen LogP contribution in [0, 0.1) is 6.92 Å². The van der Waals surface area contributed by atoms with Crippen LogP contribution in [0.2, 0.25) is 0 Å². The van der Waals surface area contributed by atoms with E-state index in [9.17, 15) is 13.5 Å². The molecule has 0 bridgehead atoms. The van der Waals surface area contributed by atoms with E-state index < -0.39 is 19.6 Å². The Morgan fingerprint density at radius 3 is 2.14 bits per heavy atom. The largest absolute Gasteiger partial charge is 0.387 e. The minimum atomic E-state index is -3.84. The van der Waals surface area contributed by atoms with Crippen LogP contribution in [-0.2, 0) is 9.84 Å². The highest BCUT2D eigenvalue weighted by molar-refractivity contribution is 7.94. The Morgan fingerprint density at radius 1 is 1.09 bits per heavy atom. The standard InChI is InChI=1S/C17H27ClO3S/c1-5-6-7-8-13-16(3,19)17(4,18)22(20,21)15-11-9-14(2)10-12-15/h9-12,19H,5-8,13H2,1-4H3. The first kappa shape index (κ1) is 19.5. The average molecular weight is 347 g/mol. The van der Waals surface area contributed by atoms with E-state index >= 15 is 0 Å². The summed E-state index contributed by atoms with van der Waals surface area (Å²) in [6.07, 6.45) is 4.23. The average Bonchev–Trinajstić information content (AvgIpc) is 2.43. The Bertz CT molecular complexity index is 574. The van der Waals surface area contributed by atoms with Gasteiger partial charge in [0.05, 0.1) is 10.5 Å². The van der Waals surface area contributed by atoms with Crippen molar-refractivity contribution in [3.63, 3.8) is 0 Å². The van der Waals surface area contributed by atoms with Gasteiger partial charge in [0, 0.05) is 0 Å². The molecule has 1 aromatic rings. The molecule has 2 unspecified atom stereocenters. The Kier molecular flexibility index (Phi) is 6.48. The minimum Gasteiger partial charge on any atom is -0.387 e. The summed E-state index contributed by atoms with van der Waals surface area (Å²) in [5, 5.41) is 10.7. The zero-order valence-electron chi connectivity index (χ0n) is 13.9. The van der Waals surface area contributed by atoms with Gasteiger partial charge >= 0.3 is 0 Å². The van der Waals surface area contributed by atoms with Crippen molar-refractivity contribution in [2.24, 2.45) is 0 Å². The molecule has 0 saturated heterocycles. The van der Waals surface area contributed by atoms with Gasteiger partial charge in [-0.3, -0.25) is 0 Å². The zero-order chi connectivity index (χ0) is 17.0. The molecule has 1 N–H and O–H groups in total. The fourth-order valence-electron chi connectivity index (χ4n) is 2.35. The fourth-order valence-corrected chi connectivity index (χ4v) is 4.33. The number of alkyl halides is 1. The summed E-state index contributed by atoms with van der Waals surface area (Å²) in [5.41, 5.74) is -0.520. The lowest BCUT2D eigenvalue weighted by atomic mass is 9.94. The second kappa shape index (κ2) is 7.33. The predicted molar refractivity (Wildman–Crippen MR) is 92.0 cm³/mol. The number of sulfone groups is 1. The molecule has 0 heterocycles. The summed E-state index contributed by atoms with van der Waals surface area (Å²) >= 11 is 6.37. The summed E-state index contributed by atoms with van der Waals surface area (Å²) in [6.45, 7) is 6.90. The van der Waals surface area contributed by atoms with E-state index in [4.69, 9.17) is 11.6 Å². The number of rotatable bonds is 8. The van der Waals surface area contributed by atoms with Crippen LogP contribution in [0.4, 0.5) is 0 Å². The van der Waals surface area contributed by atoms with E-state index in [1.807, 2.05) is 6.92 Å². The summed E-state index contributed by atoms with van der Waals surface area (Å²) in [5.74, 6) is 0. The van der Waals surface area contributed by atoms with Gasteiger partial charge < -0.3 is 5.11 Å². The summed E-state index contributed by atoms with van der Waals surface area (Å²) in [4.78, 5) is 0.143. The van der Waals surface area contributed by atoms with Crippen molar-refractivity contribution in [3.8, 4) is 0 Å². The van der Waals surface area contributed by atoms with Crippen molar-refractivity contribution in [1.29, 1.82) is 0 Å². The van der Waals surface area contributed by atoms with Crippen molar-refractivity contribution < 1.29 is 13.5 Å². The van der Waals surface area contributed by atoms with Crippen LogP contribution in [0.25, 0.3) is 0 Å². The van der Waals surface area contributed by atoms with Crippen LogP contribution < -0.4 is 0 Å². The number of benzene rings is 1. The Morgan fingerprint density at radius 2 is 1.64 bits per heavy atom. The molecule has 0 radical (unpaired) electrons. The first-order valence-corrected chi connectivity index (χ1v) is 9.65. The van der Waals surface area contributed by atoms with Crippen LogP contribution in [0.3, 0.4) is 0 Å². The molecule has 3 nitrogen and oxygen atoms in total. The fraction of sp³-hybridized carbons (Fsp3) is 0.647. The molecular weight excluding hydrogens is 320 g/mol. The van der Waals surface area contributed by atoms with Crippen LogP contribution >= 0.6 is 11.6 Å². The van der Waals surface area contributed by atoms with Gasteiger partial charge in [0.15, 0.2) is 4.21 Å². The molecule has 0 aliphatic carbocycles. The lowest BCUT2D eigenvalue weighted by Crippen LogP contribution is -2.51. The lowest BCUT2D eigenvalue weighted by molar-refractivity contribution is 0.0352. The molecule has 0 aliphatic heterocycles. The molecule has 0 saturated carbocycles. The van der Waals surface area contributed by atoms with Crippen molar-refractivity contribution in [2.75, 3.05) is 0 Å². The topological polar surface area (TPSA) is 54.4 Å². The highest BCUT2D eigenvalue weighted by Crippen LogP contribution is 2.41. The highest BCUT2D eigenvalue weighted by Gasteiger charge is 2.52. The molecule has 0 aliphatic rings. The molecule has 5 heteroatoms. The molecule has 0 fully saturated rings. The number of aliphatic hydroxyl groups is 1. The Balaban J connectivity index is 3.01. The van der Waals surface area contributed by atoms with Crippen molar-refractivity contribution in [3.05, 3.63) is 29.8 Å². The maximum atomic E-state index is 12.8. The molecule has 0 amide bonds. The van der Waals surface area contributed by atoms with Crippen LogP contribution in [-0.4, -0.2) is 23.3 Å². The quantitative estimate of drug-likeness (QED) is 0.559. The summed E-state index contributed by atoms with van der Waals surface area (Å²) < 4.78 is 23.9. The van der Waals surface area contributed by atoms with E-state index in [0.717, 1.165) is 31.2 Å². The summed E-state index contributed by atoms with van der Waals surface area (Å²) in [6, 6.07) is 6.54. The van der Waals surface area contributed by atoms with Gasteiger partial charge in [0.2, 0.25) is 9.84 Å². The first-order valence-electron chi connectivity index (χ1n) is 7.79. The second-order valence-corrected chi connectivity index (χ2v) is 9.59. The van der Waals surface area contributed by atoms with E-state index in [0.29, 0.717) is 6.42 Å². The molecule has 1 rings (SSSR count). The van der Waals surface area contributed by atoms with Crippen LogP contribution in [0.1, 0.15) is 58.4 Å². The predicted octanol–water partition coefficient (Wildman–Crippen LogP) is 4.45. The highest BCUT2D eigenvalue weighted by atomic mass is 35.5. The van der Waals surface area contributed by atoms with Gasteiger partial charge in [0.1, 0.15) is 0 Å². The maximum Gasteiger partial charge on any atom is 0.200 e. The Hall–Kier alpha value is -0.580. The Labute approximate surface area is 139 Å². The third kappa shape index (κ3) is 4.03. The number of hydrogen-bond acceptors (Lipinski definition) is 3. The van der Waals surface area contributed by atoms with Gasteiger partial charge in [-0.25, -0.2) is 8.42 Å². The van der Waals surface area contributed by atoms with E-state index in [1.165, 1.54) is 13.8 Å². The van der Waals surface area contributed by atoms with E-state index in [2.05, 4.69) is 6.92 Å². The third-order valence-corrected chi connectivity index (χ3v) is 7.67. The van der Waals surface area contributed by atoms with E-state index in [-0.39, 0.29) is 4.90 Å². The molecule has 0 spiro atoms. The molecule has 22 heavy (non-hydrogen) atoms. The second-order valence-electron chi connectivity index (χ2n) is 6.32. The van der Waals surface area contributed by atoms with Gasteiger partial charge in [-0.15, -0.1) is 0 Å². The normalized spacial score (nSPS) is 17.7. The first-order chi connectivity index (χ1) is 10.1. The summed E-state index contributed by atoms with van der Waals surface area (Å²) in [7, 11) is -3.84. The zero-order valence-corrected chi connectivity index (χ0v) is 15.5. The van der Waals surface area contributed by atoms with Crippen molar-refractivity contribution >= 4 is 21.4 Å². The monoisotopic (exact) mass is 346 g/mol. The smallest absolute Gasteiger partial charge is 0.200 e. The van der Waals surface area contributed by atoms with Crippen LogP contribution in [0.15, 0.2) is 29.2 Å². The lowest BCUT2D eigenvalue weighted by Gasteiger charge is -2.37. The SMILES string of the molecule is CCCCCCC(C)(O)C(C)(Cl)S(=O)(=O)c1ccc(C)cc1. The molecule has 1 aromatic carbocycles. The molecule has 2 atom stereocenters. The van der Waals surface area contributed by atoms with Gasteiger partial charge in [-0.1, -0.05) is 61.9 Å². The molecule has 126 valence electrons. The van der Waals surface area contributed by atoms with Crippen molar-refractivity contribution in [2.45, 2.75) is 74.5 Å². The minimum absolute atomic E-state index is 0.143. The number of halogens is 1. The third-order valence-electron chi connectivity index (χ3n) is 4.32.